The predicted molar refractivity (Wildman–Crippen MR) is 64.8 cm³/mol. The minimum Gasteiger partial charge on any atom is -0.364 e. The van der Waals surface area contributed by atoms with Gasteiger partial charge in [-0.3, -0.25) is 4.79 Å². The summed E-state index contributed by atoms with van der Waals surface area (Å²) in [6.07, 6.45) is 1.69. The SMILES string of the molecule is C[Si](C)(C)CCOCn1ccc(C(N)=O)n1. The topological polar surface area (TPSA) is 70.1 Å². The summed E-state index contributed by atoms with van der Waals surface area (Å²) in [7, 11) is -1.04. The Bertz CT molecular complexity index is 357. The Morgan fingerprint density at radius 1 is 1.56 bits per heavy atom. The van der Waals surface area contributed by atoms with Crippen LogP contribution in [-0.4, -0.2) is 30.4 Å². The molecule has 0 bridgehead atoms. The van der Waals surface area contributed by atoms with Crippen LogP contribution in [0.3, 0.4) is 0 Å². The maximum atomic E-state index is 10.8. The lowest BCUT2D eigenvalue weighted by Gasteiger charge is -2.15. The lowest BCUT2D eigenvalue weighted by molar-refractivity contribution is 0.0778. The number of aromatic nitrogens is 2. The minimum absolute atomic E-state index is 0.272. The quantitative estimate of drug-likeness (QED) is 0.602. The standard InChI is InChI=1S/C10H19N3O2Si/c1-16(2,3)7-6-15-8-13-5-4-9(12-13)10(11)14/h4-5H,6-8H2,1-3H3,(H2,11,14). The van der Waals surface area contributed by atoms with Gasteiger partial charge < -0.3 is 10.5 Å². The number of hydrogen-bond donors (Lipinski definition) is 1. The molecule has 6 heteroatoms. The van der Waals surface area contributed by atoms with Crippen molar-refractivity contribution in [2.45, 2.75) is 32.4 Å². The number of amides is 1. The molecule has 0 atom stereocenters. The summed E-state index contributed by atoms with van der Waals surface area (Å²) in [5.41, 5.74) is 5.36. The van der Waals surface area contributed by atoms with Crippen LogP contribution in [0.15, 0.2) is 12.3 Å². The molecule has 1 heterocycles. The third kappa shape index (κ3) is 4.58. The van der Waals surface area contributed by atoms with Crippen LogP contribution in [0.25, 0.3) is 0 Å². The van der Waals surface area contributed by atoms with E-state index >= 15 is 0 Å². The minimum atomic E-state index is -1.04. The average Bonchev–Trinajstić information content (AvgIpc) is 2.59. The maximum absolute atomic E-state index is 10.8. The highest BCUT2D eigenvalue weighted by Gasteiger charge is 2.12. The van der Waals surface area contributed by atoms with Gasteiger partial charge in [-0.05, 0) is 12.1 Å². The van der Waals surface area contributed by atoms with Crippen LogP contribution in [-0.2, 0) is 11.5 Å². The Morgan fingerprint density at radius 2 is 2.25 bits per heavy atom. The maximum Gasteiger partial charge on any atom is 0.269 e. The molecule has 0 aliphatic heterocycles. The zero-order valence-electron chi connectivity index (χ0n) is 10.1. The largest absolute Gasteiger partial charge is 0.364 e. The van der Waals surface area contributed by atoms with Gasteiger partial charge >= 0.3 is 0 Å². The molecule has 2 N–H and O–H groups in total. The molecule has 1 rings (SSSR count). The van der Waals surface area contributed by atoms with Gasteiger partial charge in [-0.2, -0.15) is 5.10 Å². The van der Waals surface area contributed by atoms with Gasteiger partial charge in [-0.25, -0.2) is 4.68 Å². The Labute approximate surface area is 96.6 Å². The number of hydrogen-bond acceptors (Lipinski definition) is 3. The molecule has 1 aromatic heterocycles. The lowest BCUT2D eigenvalue weighted by atomic mass is 10.4. The van der Waals surface area contributed by atoms with Crippen LogP contribution in [0, 0.1) is 0 Å². The smallest absolute Gasteiger partial charge is 0.269 e. The molecule has 90 valence electrons. The molecule has 0 aromatic carbocycles. The number of nitrogens with zero attached hydrogens (tertiary/aromatic N) is 2. The van der Waals surface area contributed by atoms with Gasteiger partial charge in [0, 0.05) is 20.9 Å². The lowest BCUT2D eigenvalue weighted by Crippen LogP contribution is -2.22. The average molecular weight is 241 g/mol. The van der Waals surface area contributed by atoms with Crippen LogP contribution in [0.4, 0.5) is 0 Å². The number of carbonyl (C=O) groups is 1. The Hall–Kier alpha value is -1.14. The molecule has 0 fully saturated rings. The molecule has 0 spiro atoms. The zero-order valence-corrected chi connectivity index (χ0v) is 11.1. The van der Waals surface area contributed by atoms with Crippen molar-refractivity contribution < 1.29 is 9.53 Å². The molecule has 1 aromatic rings. The summed E-state index contributed by atoms with van der Waals surface area (Å²) in [5.74, 6) is -0.513. The van der Waals surface area contributed by atoms with Crippen molar-refractivity contribution in [3.63, 3.8) is 0 Å². The van der Waals surface area contributed by atoms with E-state index in [9.17, 15) is 4.79 Å². The van der Waals surface area contributed by atoms with Gasteiger partial charge in [0.2, 0.25) is 0 Å². The molecule has 5 nitrogen and oxygen atoms in total. The highest BCUT2D eigenvalue weighted by atomic mass is 28.3. The first-order chi connectivity index (χ1) is 7.38. The van der Waals surface area contributed by atoms with E-state index in [0.29, 0.717) is 6.73 Å². The van der Waals surface area contributed by atoms with Gasteiger partial charge in [0.05, 0.1) is 0 Å². The van der Waals surface area contributed by atoms with E-state index < -0.39 is 14.0 Å². The molecule has 0 saturated heterocycles. The van der Waals surface area contributed by atoms with Gasteiger partial charge in [0.1, 0.15) is 12.4 Å². The second-order valence-electron chi connectivity index (χ2n) is 4.95. The molecule has 0 aliphatic carbocycles. The van der Waals surface area contributed by atoms with Gasteiger partial charge in [-0.15, -0.1) is 0 Å². The first kappa shape index (κ1) is 12.9. The van der Waals surface area contributed by atoms with Crippen LogP contribution in [0.1, 0.15) is 10.5 Å². The molecule has 0 saturated carbocycles. The van der Waals surface area contributed by atoms with Crippen molar-refractivity contribution in [1.29, 1.82) is 0 Å². The molecular weight excluding hydrogens is 222 g/mol. The predicted octanol–water partition coefficient (Wildman–Crippen LogP) is 1.29. The second-order valence-corrected chi connectivity index (χ2v) is 10.6. The molecule has 1 amide bonds. The summed E-state index contributed by atoms with van der Waals surface area (Å²) < 4.78 is 7.05. The van der Waals surface area contributed by atoms with E-state index in [1.807, 2.05) is 0 Å². The van der Waals surface area contributed by atoms with E-state index in [2.05, 4.69) is 24.7 Å². The van der Waals surface area contributed by atoms with Crippen molar-refractivity contribution in [1.82, 2.24) is 9.78 Å². The number of carbonyl (C=O) groups excluding carboxylic acids is 1. The third-order valence-corrected chi connectivity index (χ3v) is 3.82. The van der Waals surface area contributed by atoms with Crippen molar-refractivity contribution in [2.75, 3.05) is 6.61 Å². The van der Waals surface area contributed by atoms with Crippen molar-refractivity contribution in [2.24, 2.45) is 5.73 Å². The molecule has 0 aliphatic rings. The Kier molecular flexibility index (Phi) is 4.25. The normalized spacial score (nSPS) is 11.7. The summed E-state index contributed by atoms with van der Waals surface area (Å²) >= 11 is 0. The summed E-state index contributed by atoms with van der Waals surface area (Å²) in [6, 6.07) is 2.71. The fraction of sp³-hybridized carbons (Fsp3) is 0.600. The van der Waals surface area contributed by atoms with Crippen molar-refractivity contribution in [3.8, 4) is 0 Å². The van der Waals surface area contributed by atoms with Gasteiger partial charge in [-0.1, -0.05) is 19.6 Å². The van der Waals surface area contributed by atoms with E-state index in [-0.39, 0.29) is 5.69 Å². The van der Waals surface area contributed by atoms with Crippen LogP contribution >= 0.6 is 0 Å². The fourth-order valence-corrected chi connectivity index (χ4v) is 1.86. The first-order valence-electron chi connectivity index (χ1n) is 5.29. The van der Waals surface area contributed by atoms with Crippen LogP contribution < -0.4 is 5.73 Å². The Morgan fingerprint density at radius 3 is 2.75 bits per heavy atom. The Balaban J connectivity index is 2.30. The fourth-order valence-electron chi connectivity index (χ4n) is 1.10. The highest BCUT2D eigenvalue weighted by molar-refractivity contribution is 6.76. The molecular formula is C10H19N3O2Si. The van der Waals surface area contributed by atoms with E-state index in [0.717, 1.165) is 12.7 Å². The van der Waals surface area contributed by atoms with Crippen molar-refractivity contribution in [3.05, 3.63) is 18.0 Å². The summed E-state index contributed by atoms with van der Waals surface area (Å²) in [5, 5.41) is 3.97. The van der Waals surface area contributed by atoms with Gasteiger partial charge in [0.15, 0.2) is 0 Å². The second kappa shape index (κ2) is 5.27. The number of ether oxygens (including phenoxy) is 1. The number of rotatable bonds is 6. The van der Waals surface area contributed by atoms with Crippen LogP contribution in [0.5, 0.6) is 0 Å². The van der Waals surface area contributed by atoms with E-state index in [1.54, 1.807) is 16.9 Å². The molecule has 16 heavy (non-hydrogen) atoms. The number of nitrogens with two attached hydrogens (primary N) is 1. The van der Waals surface area contributed by atoms with Crippen molar-refractivity contribution >= 4 is 14.0 Å². The van der Waals surface area contributed by atoms with Gasteiger partial charge in [0.25, 0.3) is 5.91 Å². The monoisotopic (exact) mass is 241 g/mol. The highest BCUT2D eigenvalue weighted by Crippen LogP contribution is 2.07. The third-order valence-electron chi connectivity index (χ3n) is 2.11. The zero-order chi connectivity index (χ0) is 12.2. The molecule has 0 radical (unpaired) electrons. The first-order valence-corrected chi connectivity index (χ1v) is 9.00. The van der Waals surface area contributed by atoms with Crippen LogP contribution in [0.2, 0.25) is 25.7 Å². The van der Waals surface area contributed by atoms with E-state index in [1.165, 1.54) is 0 Å². The van der Waals surface area contributed by atoms with E-state index in [4.69, 9.17) is 10.5 Å². The summed E-state index contributed by atoms with van der Waals surface area (Å²) in [4.78, 5) is 10.8. The summed E-state index contributed by atoms with van der Waals surface area (Å²) in [6.45, 7) is 8.01. The number of primary amides is 1. The molecule has 0 unspecified atom stereocenters.